The fraction of sp³-hybridized carbons (Fsp3) is 0.647. The lowest BCUT2D eigenvalue weighted by atomic mass is 10.0. The van der Waals surface area contributed by atoms with Gasteiger partial charge < -0.3 is 15.4 Å². The van der Waals surface area contributed by atoms with Crippen LogP contribution in [0.3, 0.4) is 0 Å². The molecule has 2 atom stereocenters. The third-order valence-corrected chi connectivity index (χ3v) is 4.11. The van der Waals surface area contributed by atoms with Crippen molar-refractivity contribution in [1.29, 1.82) is 0 Å². The summed E-state index contributed by atoms with van der Waals surface area (Å²) in [4.78, 5) is 0. The average Bonchev–Trinajstić information content (AvgIpc) is 2.74. The molecule has 20 heavy (non-hydrogen) atoms. The second-order valence-electron chi connectivity index (χ2n) is 5.87. The topological polar surface area (TPSA) is 33.3 Å². The van der Waals surface area contributed by atoms with E-state index < -0.39 is 0 Å². The van der Waals surface area contributed by atoms with E-state index in [9.17, 15) is 0 Å². The summed E-state index contributed by atoms with van der Waals surface area (Å²) in [5.74, 6) is 0.921. The maximum Gasteiger partial charge on any atom is 0.118 e. The molecule has 2 rings (SSSR count). The molecule has 0 spiro atoms. The van der Waals surface area contributed by atoms with Gasteiger partial charge in [0.25, 0.3) is 0 Å². The van der Waals surface area contributed by atoms with Crippen LogP contribution in [0.4, 0.5) is 0 Å². The normalized spacial score (nSPS) is 21.2. The van der Waals surface area contributed by atoms with Gasteiger partial charge in [-0.2, -0.15) is 0 Å². The molecule has 0 bridgehead atoms. The first kappa shape index (κ1) is 15.3. The highest BCUT2D eigenvalue weighted by molar-refractivity contribution is 5.27. The maximum atomic E-state index is 5.18. The molecule has 2 N–H and O–H groups in total. The van der Waals surface area contributed by atoms with E-state index in [0.717, 1.165) is 12.3 Å². The lowest BCUT2D eigenvalue weighted by Gasteiger charge is -2.21. The summed E-state index contributed by atoms with van der Waals surface area (Å²) in [6.07, 6.45) is 6.65. The van der Waals surface area contributed by atoms with Crippen LogP contribution in [-0.4, -0.2) is 25.7 Å². The van der Waals surface area contributed by atoms with Gasteiger partial charge in [-0.05, 0) is 50.4 Å². The molecule has 0 radical (unpaired) electrons. The summed E-state index contributed by atoms with van der Waals surface area (Å²) in [5.41, 5.74) is 1.31. The van der Waals surface area contributed by atoms with E-state index in [-0.39, 0.29) is 0 Å². The Morgan fingerprint density at radius 3 is 2.80 bits per heavy atom. The first-order valence-corrected chi connectivity index (χ1v) is 7.87. The lowest BCUT2D eigenvalue weighted by molar-refractivity contribution is 0.402. The van der Waals surface area contributed by atoms with Crippen molar-refractivity contribution < 1.29 is 4.74 Å². The Morgan fingerprint density at radius 1 is 1.25 bits per heavy atom. The molecule has 0 aromatic heterocycles. The molecular formula is C17H28N2O. The van der Waals surface area contributed by atoms with Gasteiger partial charge in [0.05, 0.1) is 7.11 Å². The van der Waals surface area contributed by atoms with Crippen molar-refractivity contribution in [3.05, 3.63) is 29.8 Å². The number of benzene rings is 1. The number of rotatable bonds is 6. The molecule has 1 heterocycles. The molecule has 1 saturated heterocycles. The molecule has 112 valence electrons. The Labute approximate surface area is 123 Å². The van der Waals surface area contributed by atoms with Crippen molar-refractivity contribution in [2.24, 2.45) is 0 Å². The number of methoxy groups -OCH3 is 1. The maximum absolute atomic E-state index is 5.18. The van der Waals surface area contributed by atoms with Gasteiger partial charge in [-0.1, -0.05) is 25.0 Å². The van der Waals surface area contributed by atoms with Crippen molar-refractivity contribution >= 4 is 0 Å². The van der Waals surface area contributed by atoms with Gasteiger partial charge in [0, 0.05) is 18.6 Å². The third-order valence-electron chi connectivity index (χ3n) is 4.11. The van der Waals surface area contributed by atoms with Crippen LogP contribution in [0, 0.1) is 0 Å². The highest BCUT2D eigenvalue weighted by Crippen LogP contribution is 2.14. The van der Waals surface area contributed by atoms with Crippen LogP contribution in [0.2, 0.25) is 0 Å². The molecule has 2 unspecified atom stereocenters. The Bertz CT molecular complexity index is 369. The van der Waals surface area contributed by atoms with E-state index >= 15 is 0 Å². The first-order valence-electron chi connectivity index (χ1n) is 7.87. The van der Waals surface area contributed by atoms with Crippen LogP contribution < -0.4 is 15.4 Å². The van der Waals surface area contributed by atoms with Gasteiger partial charge in [-0.3, -0.25) is 0 Å². The fourth-order valence-electron chi connectivity index (χ4n) is 2.85. The monoisotopic (exact) mass is 276 g/mol. The van der Waals surface area contributed by atoms with Crippen molar-refractivity contribution in [1.82, 2.24) is 10.6 Å². The van der Waals surface area contributed by atoms with Crippen LogP contribution in [0.1, 0.15) is 44.6 Å². The van der Waals surface area contributed by atoms with Crippen molar-refractivity contribution in [3.63, 3.8) is 0 Å². The predicted molar refractivity (Wildman–Crippen MR) is 84.2 cm³/mol. The summed E-state index contributed by atoms with van der Waals surface area (Å²) < 4.78 is 5.18. The summed E-state index contributed by atoms with van der Waals surface area (Å²) in [6.45, 7) is 4.41. The van der Waals surface area contributed by atoms with Gasteiger partial charge in [-0.25, -0.2) is 0 Å². The second kappa shape index (κ2) is 8.28. The van der Waals surface area contributed by atoms with Crippen LogP contribution in [0.15, 0.2) is 24.3 Å². The summed E-state index contributed by atoms with van der Waals surface area (Å²) in [6, 6.07) is 9.54. The van der Waals surface area contributed by atoms with Crippen LogP contribution in [-0.2, 0) is 6.54 Å². The summed E-state index contributed by atoms with van der Waals surface area (Å²) in [5, 5.41) is 7.29. The number of nitrogens with one attached hydrogen (secondary N) is 2. The minimum absolute atomic E-state index is 0.549. The highest BCUT2D eigenvalue weighted by Gasteiger charge is 2.14. The quantitative estimate of drug-likeness (QED) is 0.837. The van der Waals surface area contributed by atoms with Crippen LogP contribution in [0.25, 0.3) is 0 Å². The van der Waals surface area contributed by atoms with E-state index in [1.165, 1.54) is 44.2 Å². The van der Waals surface area contributed by atoms with Gasteiger partial charge >= 0.3 is 0 Å². The molecule has 1 aliphatic rings. The Balaban J connectivity index is 1.71. The number of ether oxygens (including phenoxy) is 1. The molecule has 1 fully saturated rings. The Morgan fingerprint density at radius 2 is 2.05 bits per heavy atom. The standard InChI is InChI=1S/C17H28N2O/c1-14(12-16-6-4-3-5-11-18-16)19-13-15-7-9-17(20-2)10-8-15/h7-10,14,16,18-19H,3-6,11-13H2,1-2H3. The van der Waals surface area contributed by atoms with Gasteiger partial charge in [0.1, 0.15) is 5.75 Å². The summed E-state index contributed by atoms with van der Waals surface area (Å²) in [7, 11) is 1.70. The van der Waals surface area contributed by atoms with E-state index in [0.29, 0.717) is 12.1 Å². The van der Waals surface area contributed by atoms with E-state index in [2.05, 4.69) is 29.7 Å². The minimum atomic E-state index is 0.549. The predicted octanol–water partition coefficient (Wildman–Crippen LogP) is 3.10. The Hall–Kier alpha value is -1.06. The van der Waals surface area contributed by atoms with Gasteiger partial charge in [0.2, 0.25) is 0 Å². The zero-order valence-corrected chi connectivity index (χ0v) is 12.8. The van der Waals surface area contributed by atoms with Crippen molar-refractivity contribution in [2.75, 3.05) is 13.7 Å². The minimum Gasteiger partial charge on any atom is -0.497 e. The molecular weight excluding hydrogens is 248 g/mol. The Kier molecular flexibility index (Phi) is 6.34. The largest absolute Gasteiger partial charge is 0.497 e. The zero-order valence-electron chi connectivity index (χ0n) is 12.8. The highest BCUT2D eigenvalue weighted by atomic mass is 16.5. The van der Waals surface area contributed by atoms with Crippen molar-refractivity contribution in [3.8, 4) is 5.75 Å². The number of hydrogen-bond donors (Lipinski definition) is 2. The molecule has 1 aromatic carbocycles. The second-order valence-corrected chi connectivity index (χ2v) is 5.87. The van der Waals surface area contributed by atoms with Crippen LogP contribution in [0.5, 0.6) is 5.75 Å². The molecule has 1 aromatic rings. The molecule has 3 heteroatoms. The SMILES string of the molecule is COc1ccc(CNC(C)CC2CCCCCN2)cc1. The van der Waals surface area contributed by atoms with Crippen molar-refractivity contribution in [2.45, 2.75) is 57.7 Å². The van der Waals surface area contributed by atoms with Gasteiger partial charge in [-0.15, -0.1) is 0 Å². The van der Waals surface area contributed by atoms with Crippen LogP contribution >= 0.6 is 0 Å². The van der Waals surface area contributed by atoms with E-state index in [4.69, 9.17) is 4.74 Å². The zero-order chi connectivity index (χ0) is 14.2. The molecule has 3 nitrogen and oxygen atoms in total. The molecule has 1 aliphatic heterocycles. The first-order chi connectivity index (χ1) is 9.78. The molecule has 0 saturated carbocycles. The van der Waals surface area contributed by atoms with E-state index in [1.807, 2.05) is 12.1 Å². The molecule has 0 aliphatic carbocycles. The van der Waals surface area contributed by atoms with Gasteiger partial charge in [0.15, 0.2) is 0 Å². The molecule has 0 amide bonds. The average molecular weight is 276 g/mol. The lowest BCUT2D eigenvalue weighted by Crippen LogP contribution is -2.36. The third kappa shape index (κ3) is 5.14. The summed E-state index contributed by atoms with van der Waals surface area (Å²) >= 11 is 0. The smallest absolute Gasteiger partial charge is 0.118 e. The number of hydrogen-bond acceptors (Lipinski definition) is 3. The fourth-order valence-corrected chi connectivity index (χ4v) is 2.85. The van der Waals surface area contributed by atoms with E-state index in [1.54, 1.807) is 7.11 Å².